The molecule has 0 bridgehead atoms. The fraction of sp³-hybridized carbons (Fsp3) is 0.312. The van der Waals surface area contributed by atoms with E-state index in [0.717, 1.165) is 27.5 Å². The van der Waals surface area contributed by atoms with Crippen molar-refractivity contribution in [2.75, 3.05) is 11.9 Å². The molecular weight excluding hydrogens is 272 g/mol. The van der Waals surface area contributed by atoms with E-state index in [1.807, 2.05) is 44.3 Å². The third-order valence-electron chi connectivity index (χ3n) is 3.56. The Balaban J connectivity index is 2.31. The molecule has 1 aromatic heterocycles. The number of hydrogen-bond donors (Lipinski definition) is 1. The summed E-state index contributed by atoms with van der Waals surface area (Å²) in [6, 6.07) is 9.92. The van der Waals surface area contributed by atoms with Crippen molar-refractivity contribution in [2.24, 2.45) is 0 Å². The van der Waals surface area contributed by atoms with E-state index in [9.17, 15) is 0 Å². The number of aromatic nitrogens is 1. The first kappa shape index (κ1) is 14.8. The van der Waals surface area contributed by atoms with Crippen LogP contribution in [-0.4, -0.2) is 17.1 Å². The second-order valence-corrected chi connectivity index (χ2v) is 5.36. The smallest absolute Gasteiger partial charge is 0.131 e. The summed E-state index contributed by atoms with van der Waals surface area (Å²) in [5.41, 5.74) is 2.94. The predicted molar refractivity (Wildman–Crippen MR) is 83.2 cm³/mol. The molecule has 0 fully saturated rings. The molecule has 4 heteroatoms. The quantitative estimate of drug-likeness (QED) is 0.932. The summed E-state index contributed by atoms with van der Waals surface area (Å²) < 4.78 is 0. The molecular formula is C16H19ClN2O. The first-order valence-electron chi connectivity index (χ1n) is 6.58. The molecule has 1 N–H and O–H groups in total. The van der Waals surface area contributed by atoms with Crippen molar-refractivity contribution in [1.82, 2.24) is 4.98 Å². The van der Waals surface area contributed by atoms with Gasteiger partial charge in [-0.3, -0.25) is 0 Å². The molecule has 1 aromatic carbocycles. The van der Waals surface area contributed by atoms with Crippen LogP contribution in [0.15, 0.2) is 36.5 Å². The molecule has 106 valence electrons. The van der Waals surface area contributed by atoms with Crippen LogP contribution in [0.4, 0.5) is 5.82 Å². The monoisotopic (exact) mass is 290 g/mol. The zero-order valence-electron chi connectivity index (χ0n) is 12.0. The van der Waals surface area contributed by atoms with Gasteiger partial charge >= 0.3 is 0 Å². The van der Waals surface area contributed by atoms with E-state index in [0.29, 0.717) is 0 Å². The number of rotatable bonds is 4. The van der Waals surface area contributed by atoms with Gasteiger partial charge in [0.1, 0.15) is 5.82 Å². The number of hydrogen-bond acceptors (Lipinski definition) is 3. The molecule has 3 nitrogen and oxygen atoms in total. The minimum absolute atomic E-state index is 0.0118. The molecule has 0 spiro atoms. The number of halogens is 1. The summed E-state index contributed by atoms with van der Waals surface area (Å²) in [6.07, 6.45) is 1.71. The fourth-order valence-corrected chi connectivity index (χ4v) is 2.58. The van der Waals surface area contributed by atoms with Crippen molar-refractivity contribution in [3.8, 4) is 0 Å². The largest absolute Gasteiger partial charge is 0.392 e. The van der Waals surface area contributed by atoms with Gasteiger partial charge in [-0.1, -0.05) is 29.8 Å². The van der Waals surface area contributed by atoms with Crippen LogP contribution in [0.1, 0.15) is 29.7 Å². The molecule has 1 heterocycles. The predicted octanol–water partition coefficient (Wildman–Crippen LogP) is 3.73. The van der Waals surface area contributed by atoms with Gasteiger partial charge in [-0.2, -0.15) is 0 Å². The van der Waals surface area contributed by atoms with Crippen LogP contribution in [0.3, 0.4) is 0 Å². The average molecular weight is 291 g/mol. The van der Waals surface area contributed by atoms with Crippen LogP contribution in [-0.2, 0) is 6.61 Å². The Morgan fingerprint density at radius 1 is 1.35 bits per heavy atom. The third kappa shape index (κ3) is 2.94. The Morgan fingerprint density at radius 3 is 2.65 bits per heavy atom. The Kier molecular flexibility index (Phi) is 4.63. The van der Waals surface area contributed by atoms with E-state index in [4.69, 9.17) is 16.7 Å². The summed E-state index contributed by atoms with van der Waals surface area (Å²) in [5, 5.41) is 9.90. The fourth-order valence-electron chi connectivity index (χ4n) is 2.29. The highest BCUT2D eigenvalue weighted by molar-refractivity contribution is 6.31. The molecule has 1 atom stereocenters. The number of aliphatic hydroxyl groups is 1. The van der Waals surface area contributed by atoms with Crippen molar-refractivity contribution in [3.05, 3.63) is 58.2 Å². The van der Waals surface area contributed by atoms with E-state index in [1.54, 1.807) is 6.20 Å². The summed E-state index contributed by atoms with van der Waals surface area (Å²) in [5.74, 6) is 0.898. The molecule has 2 rings (SSSR count). The van der Waals surface area contributed by atoms with Crippen LogP contribution in [0.2, 0.25) is 5.02 Å². The second kappa shape index (κ2) is 6.25. The van der Waals surface area contributed by atoms with Gasteiger partial charge in [0.25, 0.3) is 0 Å². The molecule has 0 aliphatic heterocycles. The summed E-state index contributed by atoms with van der Waals surface area (Å²) in [6.45, 7) is 4.11. The molecule has 0 amide bonds. The number of aryl methyl sites for hydroxylation is 1. The van der Waals surface area contributed by atoms with Gasteiger partial charge in [-0.25, -0.2) is 4.98 Å². The SMILES string of the molecule is Cc1cc(CO)cnc1N(C)C(C)c1ccccc1Cl. The van der Waals surface area contributed by atoms with E-state index < -0.39 is 0 Å². The molecule has 0 radical (unpaired) electrons. The lowest BCUT2D eigenvalue weighted by Crippen LogP contribution is -2.23. The lowest BCUT2D eigenvalue weighted by atomic mass is 10.1. The van der Waals surface area contributed by atoms with Gasteiger partial charge in [0.15, 0.2) is 0 Å². The molecule has 20 heavy (non-hydrogen) atoms. The van der Waals surface area contributed by atoms with Gasteiger partial charge in [0.2, 0.25) is 0 Å². The first-order chi connectivity index (χ1) is 9.54. The molecule has 2 aromatic rings. The standard InChI is InChI=1S/C16H19ClN2O/c1-11-8-13(10-20)9-18-16(11)19(3)12(2)14-6-4-5-7-15(14)17/h4-9,12,20H,10H2,1-3H3. The van der Waals surface area contributed by atoms with Crippen LogP contribution in [0, 0.1) is 6.92 Å². The minimum atomic E-state index is 0.0118. The van der Waals surface area contributed by atoms with Crippen molar-refractivity contribution in [2.45, 2.75) is 26.5 Å². The minimum Gasteiger partial charge on any atom is -0.392 e. The van der Waals surface area contributed by atoms with Crippen LogP contribution < -0.4 is 4.90 Å². The molecule has 0 aliphatic carbocycles. The first-order valence-corrected chi connectivity index (χ1v) is 6.96. The van der Waals surface area contributed by atoms with Gasteiger partial charge < -0.3 is 10.0 Å². The van der Waals surface area contributed by atoms with Gasteiger partial charge in [-0.15, -0.1) is 0 Å². The van der Waals surface area contributed by atoms with E-state index in [2.05, 4.69) is 16.8 Å². The van der Waals surface area contributed by atoms with Crippen LogP contribution in [0.25, 0.3) is 0 Å². The van der Waals surface area contributed by atoms with E-state index in [1.165, 1.54) is 0 Å². The van der Waals surface area contributed by atoms with Crippen molar-refractivity contribution in [3.63, 3.8) is 0 Å². The Morgan fingerprint density at radius 2 is 2.05 bits per heavy atom. The van der Waals surface area contributed by atoms with Crippen LogP contribution >= 0.6 is 11.6 Å². The van der Waals surface area contributed by atoms with E-state index in [-0.39, 0.29) is 12.6 Å². The summed E-state index contributed by atoms with van der Waals surface area (Å²) in [7, 11) is 2.00. The van der Waals surface area contributed by atoms with Crippen molar-refractivity contribution in [1.29, 1.82) is 0 Å². The molecule has 0 aliphatic rings. The summed E-state index contributed by atoms with van der Waals surface area (Å²) >= 11 is 6.26. The average Bonchev–Trinajstić information content (AvgIpc) is 2.46. The number of anilines is 1. The van der Waals surface area contributed by atoms with Gasteiger partial charge in [0, 0.05) is 18.3 Å². The third-order valence-corrected chi connectivity index (χ3v) is 3.90. The number of pyridine rings is 1. The Hall–Kier alpha value is -1.58. The molecule has 0 saturated carbocycles. The zero-order chi connectivity index (χ0) is 14.7. The van der Waals surface area contributed by atoms with Crippen molar-refractivity contribution < 1.29 is 5.11 Å². The second-order valence-electron chi connectivity index (χ2n) is 4.95. The van der Waals surface area contributed by atoms with Gasteiger partial charge in [0.05, 0.1) is 12.6 Å². The molecule has 0 saturated heterocycles. The number of benzene rings is 1. The van der Waals surface area contributed by atoms with Crippen LogP contribution in [0.5, 0.6) is 0 Å². The Labute approximate surface area is 124 Å². The topological polar surface area (TPSA) is 36.4 Å². The highest BCUT2D eigenvalue weighted by atomic mass is 35.5. The lowest BCUT2D eigenvalue weighted by Gasteiger charge is -2.28. The van der Waals surface area contributed by atoms with Gasteiger partial charge in [-0.05, 0) is 42.7 Å². The highest BCUT2D eigenvalue weighted by Crippen LogP contribution is 2.30. The van der Waals surface area contributed by atoms with E-state index >= 15 is 0 Å². The summed E-state index contributed by atoms with van der Waals surface area (Å²) in [4.78, 5) is 6.54. The maximum absolute atomic E-state index is 9.14. The number of nitrogens with zero attached hydrogens (tertiary/aromatic N) is 2. The molecule has 1 unspecified atom stereocenters. The maximum Gasteiger partial charge on any atom is 0.131 e. The van der Waals surface area contributed by atoms with Crippen molar-refractivity contribution >= 4 is 17.4 Å². The zero-order valence-corrected chi connectivity index (χ0v) is 12.7. The maximum atomic E-state index is 9.14. The lowest BCUT2D eigenvalue weighted by molar-refractivity contribution is 0.281. The highest BCUT2D eigenvalue weighted by Gasteiger charge is 2.17. The normalized spacial score (nSPS) is 12.2. The Bertz CT molecular complexity index is 601. The number of aliphatic hydroxyl groups excluding tert-OH is 1.